The Balaban J connectivity index is 1.60. The lowest BCUT2D eigenvalue weighted by molar-refractivity contribution is 0.303. The Bertz CT molecular complexity index is 1110. The van der Waals surface area contributed by atoms with E-state index < -0.39 is 10.0 Å². The van der Waals surface area contributed by atoms with E-state index in [2.05, 4.69) is 44.1 Å². The fraction of sp³-hybridized carbons (Fsp3) is 0.476. The maximum atomic E-state index is 12.6. The third-order valence-electron chi connectivity index (χ3n) is 5.18. The number of benzene rings is 1. The minimum atomic E-state index is -3.71. The molecule has 2 heterocycles. The lowest BCUT2D eigenvalue weighted by atomic mass is 10.3. The van der Waals surface area contributed by atoms with Gasteiger partial charge < -0.3 is 15.0 Å². The van der Waals surface area contributed by atoms with Crippen molar-refractivity contribution in [2.24, 2.45) is 0 Å². The summed E-state index contributed by atoms with van der Waals surface area (Å²) < 4.78 is 34.7. The van der Waals surface area contributed by atoms with E-state index in [1.807, 2.05) is 12.1 Å². The maximum absolute atomic E-state index is 12.6. The molecule has 0 aliphatic heterocycles. The molecule has 11 heteroatoms. The zero-order valence-corrected chi connectivity index (χ0v) is 19.6. The summed E-state index contributed by atoms with van der Waals surface area (Å²) in [7, 11) is -2.27. The highest BCUT2D eigenvalue weighted by atomic mass is 32.2. The molecular formula is C21H31N7O3S. The molecule has 0 bridgehead atoms. The number of nitrogens with one attached hydrogen (secondary N) is 2. The van der Waals surface area contributed by atoms with E-state index in [4.69, 9.17) is 4.74 Å². The molecule has 0 atom stereocenters. The Morgan fingerprint density at radius 3 is 2.59 bits per heavy atom. The number of fused-ring (bicyclic) bond motifs is 1. The third-order valence-corrected chi connectivity index (χ3v) is 6.68. The number of ether oxygens (including phenoxy) is 1. The summed E-state index contributed by atoms with van der Waals surface area (Å²) in [6, 6.07) is 10.2. The Labute approximate surface area is 189 Å². The molecule has 2 N–H and O–H groups in total. The minimum Gasteiger partial charge on any atom is -0.495 e. The van der Waals surface area contributed by atoms with Crippen molar-refractivity contribution in [1.82, 2.24) is 29.4 Å². The SMILES string of the molecule is CCN(CC)CCCNc1ccc2nnc(CCNS(=O)(=O)c3ccccc3OC)n2n1. The second kappa shape index (κ2) is 11.2. The van der Waals surface area contributed by atoms with Crippen LogP contribution in [0, 0.1) is 0 Å². The Morgan fingerprint density at radius 1 is 1.06 bits per heavy atom. The standard InChI is InChI=1S/C21H31N7O3S/c1-4-27(5-2)16-8-14-22-19-11-12-20-24-25-21(28(20)26-19)13-15-23-32(29,30)18-10-7-6-9-17(18)31-3/h6-7,9-12,23H,4-5,8,13-16H2,1-3H3,(H,22,26). The highest BCUT2D eigenvalue weighted by Gasteiger charge is 2.19. The van der Waals surface area contributed by atoms with Crippen molar-refractivity contribution in [3.05, 3.63) is 42.2 Å². The second-order valence-corrected chi connectivity index (χ2v) is 8.95. The van der Waals surface area contributed by atoms with Crippen LogP contribution in [-0.4, -0.2) is 73.0 Å². The molecule has 3 rings (SSSR count). The van der Waals surface area contributed by atoms with Crippen molar-refractivity contribution in [2.45, 2.75) is 31.6 Å². The fourth-order valence-corrected chi connectivity index (χ4v) is 4.56. The molecule has 10 nitrogen and oxygen atoms in total. The number of anilines is 1. The number of para-hydroxylation sites is 1. The molecule has 3 aromatic rings. The zero-order valence-electron chi connectivity index (χ0n) is 18.8. The molecular weight excluding hydrogens is 430 g/mol. The summed E-state index contributed by atoms with van der Waals surface area (Å²) in [4.78, 5) is 2.48. The van der Waals surface area contributed by atoms with Gasteiger partial charge in [0.05, 0.1) is 7.11 Å². The minimum absolute atomic E-state index is 0.0999. The van der Waals surface area contributed by atoms with Crippen molar-refractivity contribution in [1.29, 1.82) is 0 Å². The fourth-order valence-electron chi connectivity index (χ4n) is 3.36. The molecule has 0 unspecified atom stereocenters. The number of hydrogen-bond acceptors (Lipinski definition) is 8. The number of hydrogen-bond donors (Lipinski definition) is 2. The maximum Gasteiger partial charge on any atom is 0.244 e. The van der Waals surface area contributed by atoms with Gasteiger partial charge in [0.25, 0.3) is 0 Å². The molecule has 0 radical (unpaired) electrons. The average molecular weight is 462 g/mol. The normalized spacial score (nSPS) is 11.9. The van der Waals surface area contributed by atoms with Gasteiger partial charge in [-0.25, -0.2) is 13.1 Å². The largest absolute Gasteiger partial charge is 0.495 e. The zero-order chi connectivity index (χ0) is 23.0. The summed E-state index contributed by atoms with van der Waals surface area (Å²) in [6.45, 7) is 8.42. The van der Waals surface area contributed by atoms with Gasteiger partial charge in [-0.15, -0.1) is 15.3 Å². The van der Waals surface area contributed by atoms with Crippen LogP contribution < -0.4 is 14.8 Å². The lowest BCUT2D eigenvalue weighted by Gasteiger charge is -2.17. The number of methoxy groups -OCH3 is 1. The topological polar surface area (TPSA) is 114 Å². The van der Waals surface area contributed by atoms with Crippen molar-refractivity contribution in [3.63, 3.8) is 0 Å². The van der Waals surface area contributed by atoms with Crippen LogP contribution in [0.15, 0.2) is 41.3 Å². The van der Waals surface area contributed by atoms with Gasteiger partial charge in [0.2, 0.25) is 10.0 Å². The van der Waals surface area contributed by atoms with E-state index >= 15 is 0 Å². The van der Waals surface area contributed by atoms with Crippen LogP contribution in [-0.2, 0) is 16.4 Å². The predicted octanol–water partition coefficient (Wildman–Crippen LogP) is 1.80. The van der Waals surface area contributed by atoms with Gasteiger partial charge in [-0.2, -0.15) is 4.52 Å². The van der Waals surface area contributed by atoms with Crippen LogP contribution in [0.1, 0.15) is 26.1 Å². The second-order valence-electron chi connectivity index (χ2n) is 7.21. The van der Waals surface area contributed by atoms with Gasteiger partial charge in [0, 0.05) is 19.5 Å². The molecule has 0 spiro atoms. The van der Waals surface area contributed by atoms with Gasteiger partial charge in [-0.1, -0.05) is 26.0 Å². The Morgan fingerprint density at radius 2 is 1.84 bits per heavy atom. The van der Waals surface area contributed by atoms with E-state index in [-0.39, 0.29) is 11.4 Å². The molecule has 0 fully saturated rings. The van der Waals surface area contributed by atoms with Crippen molar-refractivity contribution >= 4 is 21.5 Å². The van der Waals surface area contributed by atoms with Crippen LogP contribution in [0.3, 0.4) is 0 Å². The number of sulfonamides is 1. The number of nitrogens with zero attached hydrogens (tertiary/aromatic N) is 5. The quantitative estimate of drug-likeness (QED) is 0.371. The van der Waals surface area contributed by atoms with Crippen molar-refractivity contribution in [2.75, 3.05) is 45.2 Å². The average Bonchev–Trinajstić information content (AvgIpc) is 3.21. The molecule has 32 heavy (non-hydrogen) atoms. The Kier molecular flexibility index (Phi) is 8.37. The van der Waals surface area contributed by atoms with E-state index in [9.17, 15) is 8.42 Å². The van der Waals surface area contributed by atoms with Gasteiger partial charge in [-0.05, 0) is 50.3 Å². The molecule has 0 aliphatic rings. The van der Waals surface area contributed by atoms with Crippen molar-refractivity contribution < 1.29 is 13.2 Å². The Hall–Kier alpha value is -2.76. The van der Waals surface area contributed by atoms with Crippen LogP contribution >= 0.6 is 0 Å². The van der Waals surface area contributed by atoms with Crippen LogP contribution in [0.2, 0.25) is 0 Å². The van der Waals surface area contributed by atoms with Crippen LogP contribution in [0.25, 0.3) is 5.65 Å². The summed E-state index contributed by atoms with van der Waals surface area (Å²) in [6.07, 6.45) is 1.36. The highest BCUT2D eigenvalue weighted by Crippen LogP contribution is 2.22. The molecule has 1 aromatic carbocycles. The van der Waals surface area contributed by atoms with E-state index in [0.29, 0.717) is 23.6 Å². The number of aromatic nitrogens is 4. The predicted molar refractivity (Wildman–Crippen MR) is 124 cm³/mol. The molecule has 2 aromatic heterocycles. The molecule has 0 amide bonds. The van der Waals surface area contributed by atoms with Gasteiger partial charge in [0.15, 0.2) is 11.5 Å². The molecule has 0 saturated carbocycles. The van der Waals surface area contributed by atoms with Gasteiger partial charge >= 0.3 is 0 Å². The van der Waals surface area contributed by atoms with Gasteiger partial charge in [-0.3, -0.25) is 0 Å². The van der Waals surface area contributed by atoms with E-state index in [0.717, 1.165) is 38.4 Å². The first-order chi connectivity index (χ1) is 15.5. The summed E-state index contributed by atoms with van der Waals surface area (Å²) in [5.41, 5.74) is 0.612. The first-order valence-corrected chi connectivity index (χ1v) is 12.3. The molecule has 0 saturated heterocycles. The monoisotopic (exact) mass is 461 g/mol. The lowest BCUT2D eigenvalue weighted by Crippen LogP contribution is -2.27. The molecule has 174 valence electrons. The number of rotatable bonds is 13. The highest BCUT2D eigenvalue weighted by molar-refractivity contribution is 7.89. The van der Waals surface area contributed by atoms with E-state index in [1.54, 1.807) is 22.7 Å². The first-order valence-electron chi connectivity index (χ1n) is 10.8. The van der Waals surface area contributed by atoms with Crippen LogP contribution in [0.5, 0.6) is 5.75 Å². The summed E-state index contributed by atoms with van der Waals surface area (Å²) in [5, 5.41) is 16.2. The van der Waals surface area contributed by atoms with Gasteiger partial charge in [0.1, 0.15) is 16.5 Å². The third kappa shape index (κ3) is 5.93. The van der Waals surface area contributed by atoms with Crippen LogP contribution in [0.4, 0.5) is 5.82 Å². The van der Waals surface area contributed by atoms with Crippen molar-refractivity contribution in [3.8, 4) is 5.75 Å². The van der Waals surface area contributed by atoms with E-state index in [1.165, 1.54) is 13.2 Å². The first kappa shape index (κ1) is 23.9. The summed E-state index contributed by atoms with van der Waals surface area (Å²) in [5.74, 6) is 1.61. The smallest absolute Gasteiger partial charge is 0.244 e. The summed E-state index contributed by atoms with van der Waals surface area (Å²) >= 11 is 0. The molecule has 0 aliphatic carbocycles.